The molecule has 0 saturated carbocycles. The number of anilines is 2. The van der Waals surface area contributed by atoms with E-state index in [-0.39, 0.29) is 24.7 Å². The van der Waals surface area contributed by atoms with Gasteiger partial charge < -0.3 is 29.9 Å². The summed E-state index contributed by atoms with van der Waals surface area (Å²) in [5, 5.41) is 14.0. The number of H-pyrrole nitrogens is 1. The number of piperidine rings is 3. The monoisotopic (exact) mass is 955 g/mol. The van der Waals surface area contributed by atoms with E-state index in [0.717, 1.165) is 75.5 Å². The first kappa shape index (κ1) is 46.2. The average Bonchev–Trinajstić information content (AvgIpc) is 3.85. The number of aromatic nitrogens is 3. The summed E-state index contributed by atoms with van der Waals surface area (Å²) in [6, 6.07) is 20.0. The maximum Gasteiger partial charge on any atom is 0.490 e. The van der Waals surface area contributed by atoms with Crippen LogP contribution < -0.4 is 20.3 Å². The SMILES string of the molecule is O=C(O)C(F)(F)F.O=C1CCC(N2C(=O)c3ccc(N4CC(N5CCC(N6CCC(Nc7ncnc8[nH]cc(C(=O)c9ccc(Oc%10ccccc%10)cc9Cl)c78)CC6)CC5)C4)cc3C2=O)C(=O)N1. The highest BCUT2D eigenvalue weighted by molar-refractivity contribution is 6.36. The molecule has 0 radical (unpaired) electrons. The molecule has 0 bridgehead atoms. The Kier molecular flexibility index (Phi) is 12.9. The van der Waals surface area contributed by atoms with Crippen LogP contribution in [0, 0.1) is 0 Å². The molecule has 0 spiro atoms. The van der Waals surface area contributed by atoms with Crippen LogP contribution in [-0.2, 0) is 14.4 Å². The third kappa shape index (κ3) is 9.48. The highest BCUT2D eigenvalue weighted by Crippen LogP contribution is 2.35. The van der Waals surface area contributed by atoms with E-state index in [1.54, 1.807) is 36.5 Å². The minimum absolute atomic E-state index is 0.0913. The summed E-state index contributed by atoms with van der Waals surface area (Å²) < 4.78 is 37.6. The number of ketones is 1. The average molecular weight is 956 g/mol. The number of rotatable bonds is 10. The van der Waals surface area contributed by atoms with Crippen LogP contribution in [0.25, 0.3) is 11.0 Å². The first-order valence-electron chi connectivity index (χ1n) is 22.2. The molecule has 17 nitrogen and oxygen atoms in total. The van der Waals surface area contributed by atoms with E-state index in [1.165, 1.54) is 6.33 Å². The number of amides is 4. The quantitative estimate of drug-likeness (QED) is 0.0950. The Labute approximate surface area is 391 Å². The fourth-order valence-corrected chi connectivity index (χ4v) is 9.79. The van der Waals surface area contributed by atoms with Crippen LogP contribution in [0.15, 0.2) is 79.3 Å². The second-order valence-electron chi connectivity index (χ2n) is 17.3. The van der Waals surface area contributed by atoms with Crippen molar-refractivity contribution >= 4 is 69.5 Å². The molecule has 5 aliphatic heterocycles. The van der Waals surface area contributed by atoms with Crippen molar-refractivity contribution in [1.82, 2.24) is 35.0 Å². The van der Waals surface area contributed by atoms with Gasteiger partial charge in [0.2, 0.25) is 11.8 Å². The van der Waals surface area contributed by atoms with Gasteiger partial charge in [-0.3, -0.25) is 39.1 Å². The minimum Gasteiger partial charge on any atom is -0.475 e. The number of aliphatic carboxylic acids is 1. The van der Waals surface area contributed by atoms with Gasteiger partial charge in [-0.1, -0.05) is 29.8 Å². The Bertz CT molecular complexity index is 2790. The minimum atomic E-state index is -5.08. The molecule has 21 heteroatoms. The first-order valence-corrected chi connectivity index (χ1v) is 22.5. The van der Waals surface area contributed by atoms with Gasteiger partial charge >= 0.3 is 12.1 Å². The zero-order valence-electron chi connectivity index (χ0n) is 36.3. The number of halogens is 4. The predicted molar refractivity (Wildman–Crippen MR) is 241 cm³/mol. The highest BCUT2D eigenvalue weighted by Gasteiger charge is 2.45. The Hall–Kier alpha value is -6.90. The summed E-state index contributed by atoms with van der Waals surface area (Å²) in [5.74, 6) is -3.11. The number of carboxylic acid groups (broad SMARTS) is 1. The van der Waals surface area contributed by atoms with Gasteiger partial charge in [-0.2, -0.15) is 13.2 Å². The fourth-order valence-electron chi connectivity index (χ4n) is 9.54. The summed E-state index contributed by atoms with van der Waals surface area (Å²) in [7, 11) is 0. The molecule has 5 aliphatic rings. The number of nitrogens with one attached hydrogen (secondary N) is 3. The number of carbonyl (C=O) groups excluding carboxylic acids is 5. The van der Waals surface area contributed by atoms with Crippen molar-refractivity contribution in [1.29, 1.82) is 0 Å². The zero-order valence-corrected chi connectivity index (χ0v) is 37.1. The van der Waals surface area contributed by atoms with Gasteiger partial charge in [-0.25, -0.2) is 14.8 Å². The Balaban J connectivity index is 0.000000767. The number of hydrogen-bond donors (Lipinski definition) is 4. The third-order valence-corrected chi connectivity index (χ3v) is 13.5. The van der Waals surface area contributed by atoms with E-state index >= 15 is 0 Å². The van der Waals surface area contributed by atoms with Crippen molar-refractivity contribution in [3.63, 3.8) is 0 Å². The number of hydrogen-bond acceptors (Lipinski definition) is 13. The molecule has 4 saturated heterocycles. The van der Waals surface area contributed by atoms with Crippen LogP contribution in [0.1, 0.15) is 75.2 Å². The topological polar surface area (TPSA) is 210 Å². The molecule has 0 aliphatic carbocycles. The van der Waals surface area contributed by atoms with Crippen LogP contribution >= 0.6 is 11.6 Å². The number of ether oxygens (including phenoxy) is 1. The van der Waals surface area contributed by atoms with E-state index < -0.39 is 41.8 Å². The number of fused-ring (bicyclic) bond motifs is 2. The van der Waals surface area contributed by atoms with E-state index in [9.17, 15) is 37.1 Å². The van der Waals surface area contributed by atoms with Gasteiger partial charge in [0.05, 0.1) is 27.1 Å². The molecule has 68 heavy (non-hydrogen) atoms. The van der Waals surface area contributed by atoms with Crippen LogP contribution in [0.3, 0.4) is 0 Å². The highest BCUT2D eigenvalue weighted by atomic mass is 35.5. The lowest BCUT2D eigenvalue weighted by molar-refractivity contribution is -0.192. The molecule has 1 atom stereocenters. The van der Waals surface area contributed by atoms with E-state index in [4.69, 9.17) is 26.2 Å². The number of alkyl halides is 3. The second kappa shape index (κ2) is 19.0. The standard InChI is InChI=1S/C45H44ClN9O6.C2HF3O2/c46-36-21-31(61-30-4-2-1-3-5-30)7-9-33(36)40(57)35-22-47-41-39(35)42(49-25-48-41)50-26-12-16-52(17-13-26)27-14-18-53(19-15-27)29-23-54(24-29)28-6-8-32-34(20-28)45(60)55(44(32)59)37-10-11-38(56)51-43(37)58;3-2(4,5)1(6)7/h1-9,20-22,25-27,29,37H,10-19,23-24H2,(H,51,56,58)(H2,47,48,49,50);(H,6,7). The number of nitrogens with zero attached hydrogens (tertiary/aromatic N) is 6. The second-order valence-corrected chi connectivity index (χ2v) is 17.7. The molecule has 7 heterocycles. The van der Waals surface area contributed by atoms with Crippen LogP contribution in [0.5, 0.6) is 11.5 Å². The van der Waals surface area contributed by atoms with Gasteiger partial charge in [-0.15, -0.1) is 0 Å². The van der Waals surface area contributed by atoms with Gasteiger partial charge in [0.25, 0.3) is 11.8 Å². The normalized spacial score (nSPS) is 19.9. The molecule has 4 amide bonds. The Morgan fingerprint density at radius 1 is 0.794 bits per heavy atom. The van der Waals surface area contributed by atoms with Crippen molar-refractivity contribution in [3.8, 4) is 11.5 Å². The van der Waals surface area contributed by atoms with Gasteiger partial charge in [0, 0.05) is 87.3 Å². The van der Waals surface area contributed by atoms with Gasteiger partial charge in [-0.05, 0) is 74.6 Å². The number of para-hydroxylation sites is 1. The summed E-state index contributed by atoms with van der Waals surface area (Å²) in [4.78, 5) is 93.9. The molecule has 1 unspecified atom stereocenters. The number of carbonyl (C=O) groups is 6. The van der Waals surface area contributed by atoms with Crippen LogP contribution in [0.2, 0.25) is 5.02 Å². The lowest BCUT2D eigenvalue weighted by Gasteiger charge is -2.50. The molecular formula is C47H45ClF3N9O8. The largest absolute Gasteiger partial charge is 0.490 e. The zero-order chi connectivity index (χ0) is 47.9. The van der Waals surface area contributed by atoms with Crippen molar-refractivity contribution in [2.45, 2.75) is 68.9 Å². The van der Waals surface area contributed by atoms with Crippen molar-refractivity contribution < 1.29 is 51.8 Å². The maximum atomic E-state index is 13.9. The number of imide groups is 2. The first-order chi connectivity index (χ1) is 32.6. The van der Waals surface area contributed by atoms with Gasteiger partial charge in [0.1, 0.15) is 35.3 Å². The molecule has 5 aromatic rings. The molecule has 2 aromatic heterocycles. The number of carboxylic acids is 1. The lowest BCUT2D eigenvalue weighted by Crippen LogP contribution is -2.62. The number of benzene rings is 3. The summed E-state index contributed by atoms with van der Waals surface area (Å²) in [5.41, 5.74) is 2.89. The molecule has 4 fully saturated rings. The van der Waals surface area contributed by atoms with E-state index in [2.05, 4.69) is 40.3 Å². The van der Waals surface area contributed by atoms with Crippen molar-refractivity contribution in [2.24, 2.45) is 0 Å². The lowest BCUT2D eigenvalue weighted by atomic mass is 9.95. The maximum absolute atomic E-state index is 13.9. The summed E-state index contributed by atoms with van der Waals surface area (Å²) in [6.07, 6.45) is 2.43. The number of aromatic amines is 1. The van der Waals surface area contributed by atoms with E-state index in [1.807, 2.05) is 36.4 Å². The van der Waals surface area contributed by atoms with Crippen LogP contribution in [-0.4, -0.2) is 140 Å². The Morgan fingerprint density at radius 2 is 1.47 bits per heavy atom. The molecule has 354 valence electrons. The fraction of sp³-hybridized carbons (Fsp3) is 0.362. The third-order valence-electron chi connectivity index (χ3n) is 13.2. The van der Waals surface area contributed by atoms with Gasteiger partial charge in [0.15, 0.2) is 5.78 Å². The van der Waals surface area contributed by atoms with E-state index in [0.29, 0.717) is 67.7 Å². The molecular weight excluding hydrogens is 911 g/mol. The molecule has 3 aromatic carbocycles. The summed E-state index contributed by atoms with van der Waals surface area (Å²) in [6.45, 7) is 5.67. The predicted octanol–water partition coefficient (Wildman–Crippen LogP) is 5.90. The smallest absolute Gasteiger partial charge is 0.475 e. The molecule has 4 N–H and O–H groups in total. The Morgan fingerprint density at radius 3 is 2.15 bits per heavy atom. The van der Waals surface area contributed by atoms with Crippen molar-refractivity contribution in [2.75, 3.05) is 49.5 Å². The summed E-state index contributed by atoms with van der Waals surface area (Å²) >= 11 is 6.64. The number of likely N-dealkylation sites (tertiary alicyclic amines) is 2. The van der Waals surface area contributed by atoms with Crippen molar-refractivity contribution in [3.05, 3.63) is 107 Å². The molecule has 10 rings (SSSR count). The van der Waals surface area contributed by atoms with Crippen LogP contribution in [0.4, 0.5) is 24.7 Å².